The standard InChI is InChI=1S/C10H21NO3/c1-2-14-6-9(13)5-11-7-10(8-12)3-4-10/h9,11-13H,2-8H2,1H3. The SMILES string of the molecule is CCOCC(O)CNCC1(CO)CC1. The smallest absolute Gasteiger partial charge is 0.0897 e. The van der Waals surface area contributed by atoms with E-state index < -0.39 is 6.10 Å². The molecule has 1 rings (SSSR count). The molecule has 0 spiro atoms. The van der Waals surface area contributed by atoms with Crippen molar-refractivity contribution in [3.05, 3.63) is 0 Å². The number of hydrogen-bond acceptors (Lipinski definition) is 4. The fourth-order valence-corrected chi connectivity index (χ4v) is 1.38. The molecular formula is C10H21NO3. The van der Waals surface area contributed by atoms with E-state index in [1.807, 2.05) is 6.92 Å². The fourth-order valence-electron chi connectivity index (χ4n) is 1.38. The van der Waals surface area contributed by atoms with Gasteiger partial charge in [0.2, 0.25) is 0 Å². The Bertz CT molecular complexity index is 159. The summed E-state index contributed by atoms with van der Waals surface area (Å²) in [6, 6.07) is 0. The van der Waals surface area contributed by atoms with Crippen LogP contribution >= 0.6 is 0 Å². The van der Waals surface area contributed by atoms with Crippen molar-refractivity contribution in [1.29, 1.82) is 0 Å². The third-order valence-corrected chi connectivity index (χ3v) is 2.69. The molecule has 1 atom stereocenters. The maximum atomic E-state index is 9.42. The molecule has 0 saturated heterocycles. The Kier molecular flexibility index (Phi) is 4.81. The van der Waals surface area contributed by atoms with Crippen molar-refractivity contribution in [2.75, 3.05) is 32.9 Å². The quantitative estimate of drug-likeness (QED) is 0.509. The minimum Gasteiger partial charge on any atom is -0.396 e. The van der Waals surface area contributed by atoms with Gasteiger partial charge < -0.3 is 20.3 Å². The first-order valence-corrected chi connectivity index (χ1v) is 5.30. The molecule has 0 heterocycles. The van der Waals surface area contributed by atoms with Crippen LogP contribution in [-0.2, 0) is 4.74 Å². The molecule has 3 N–H and O–H groups in total. The molecule has 0 amide bonds. The second-order valence-electron chi connectivity index (χ2n) is 4.10. The zero-order valence-electron chi connectivity index (χ0n) is 8.83. The number of aliphatic hydroxyl groups excluding tert-OH is 2. The van der Waals surface area contributed by atoms with E-state index in [4.69, 9.17) is 9.84 Å². The van der Waals surface area contributed by atoms with Crippen LogP contribution in [-0.4, -0.2) is 49.2 Å². The summed E-state index contributed by atoms with van der Waals surface area (Å²) in [5, 5.41) is 21.6. The van der Waals surface area contributed by atoms with Crippen molar-refractivity contribution in [2.45, 2.75) is 25.9 Å². The molecule has 0 radical (unpaired) electrons. The summed E-state index contributed by atoms with van der Waals surface area (Å²) in [5.74, 6) is 0. The average Bonchev–Trinajstić information content (AvgIpc) is 2.96. The van der Waals surface area contributed by atoms with E-state index in [9.17, 15) is 5.11 Å². The fraction of sp³-hybridized carbons (Fsp3) is 1.00. The highest BCUT2D eigenvalue weighted by Gasteiger charge is 2.41. The van der Waals surface area contributed by atoms with Crippen molar-refractivity contribution >= 4 is 0 Å². The molecule has 14 heavy (non-hydrogen) atoms. The maximum Gasteiger partial charge on any atom is 0.0897 e. The molecule has 4 nitrogen and oxygen atoms in total. The lowest BCUT2D eigenvalue weighted by molar-refractivity contribution is 0.0417. The van der Waals surface area contributed by atoms with E-state index in [0.717, 1.165) is 19.4 Å². The van der Waals surface area contributed by atoms with E-state index in [0.29, 0.717) is 19.8 Å². The summed E-state index contributed by atoms with van der Waals surface area (Å²) < 4.78 is 5.08. The Hall–Kier alpha value is -0.160. The number of ether oxygens (including phenoxy) is 1. The predicted molar refractivity (Wildman–Crippen MR) is 54.1 cm³/mol. The van der Waals surface area contributed by atoms with Gasteiger partial charge in [0.15, 0.2) is 0 Å². The lowest BCUT2D eigenvalue weighted by atomic mass is 10.1. The number of rotatable bonds is 8. The molecule has 84 valence electrons. The van der Waals surface area contributed by atoms with Gasteiger partial charge in [-0.15, -0.1) is 0 Å². The highest BCUT2D eigenvalue weighted by Crippen LogP contribution is 2.44. The zero-order chi connectivity index (χ0) is 10.4. The molecule has 0 aromatic rings. The number of hydrogen-bond donors (Lipinski definition) is 3. The molecule has 4 heteroatoms. The molecule has 0 aromatic carbocycles. The van der Waals surface area contributed by atoms with Crippen LogP contribution in [0.15, 0.2) is 0 Å². The van der Waals surface area contributed by atoms with Crippen molar-refractivity contribution in [3.8, 4) is 0 Å². The highest BCUT2D eigenvalue weighted by atomic mass is 16.5. The van der Waals surface area contributed by atoms with Crippen molar-refractivity contribution in [2.24, 2.45) is 5.41 Å². The van der Waals surface area contributed by atoms with Crippen LogP contribution in [0.4, 0.5) is 0 Å². The van der Waals surface area contributed by atoms with E-state index in [1.54, 1.807) is 0 Å². The largest absolute Gasteiger partial charge is 0.396 e. The first-order chi connectivity index (χ1) is 6.72. The second-order valence-corrected chi connectivity index (χ2v) is 4.10. The minimum absolute atomic E-state index is 0.116. The molecule has 0 aliphatic heterocycles. The molecule has 1 saturated carbocycles. The highest BCUT2D eigenvalue weighted by molar-refractivity contribution is 4.94. The van der Waals surface area contributed by atoms with Gasteiger partial charge in [-0.1, -0.05) is 0 Å². The average molecular weight is 203 g/mol. The van der Waals surface area contributed by atoms with E-state index in [2.05, 4.69) is 5.32 Å². The molecule has 0 bridgehead atoms. The second kappa shape index (κ2) is 5.66. The lowest BCUT2D eigenvalue weighted by Gasteiger charge is -2.15. The Morgan fingerprint density at radius 3 is 2.71 bits per heavy atom. The van der Waals surface area contributed by atoms with Crippen LogP contribution in [0.3, 0.4) is 0 Å². The first-order valence-electron chi connectivity index (χ1n) is 5.30. The number of aliphatic hydroxyl groups is 2. The summed E-state index contributed by atoms with van der Waals surface area (Å²) >= 11 is 0. The third kappa shape index (κ3) is 3.92. The van der Waals surface area contributed by atoms with E-state index in [-0.39, 0.29) is 12.0 Å². The van der Waals surface area contributed by atoms with E-state index in [1.165, 1.54) is 0 Å². The van der Waals surface area contributed by atoms with Crippen LogP contribution in [0.25, 0.3) is 0 Å². The summed E-state index contributed by atoms with van der Waals surface area (Å²) in [4.78, 5) is 0. The van der Waals surface area contributed by atoms with Crippen molar-refractivity contribution in [1.82, 2.24) is 5.32 Å². The molecule has 1 fully saturated rings. The minimum atomic E-state index is -0.440. The summed E-state index contributed by atoms with van der Waals surface area (Å²) in [6.07, 6.45) is 1.75. The number of nitrogens with one attached hydrogen (secondary N) is 1. The first kappa shape index (κ1) is 11.9. The molecular weight excluding hydrogens is 182 g/mol. The van der Waals surface area contributed by atoms with Gasteiger partial charge in [0.25, 0.3) is 0 Å². The van der Waals surface area contributed by atoms with Gasteiger partial charge in [-0.3, -0.25) is 0 Å². The van der Waals surface area contributed by atoms with Gasteiger partial charge in [0, 0.05) is 31.7 Å². The third-order valence-electron chi connectivity index (χ3n) is 2.69. The molecule has 0 aromatic heterocycles. The van der Waals surface area contributed by atoms with Crippen LogP contribution in [0.5, 0.6) is 0 Å². The zero-order valence-corrected chi connectivity index (χ0v) is 8.83. The van der Waals surface area contributed by atoms with Crippen molar-refractivity contribution < 1.29 is 14.9 Å². The van der Waals surface area contributed by atoms with Gasteiger partial charge >= 0.3 is 0 Å². The lowest BCUT2D eigenvalue weighted by Crippen LogP contribution is -2.35. The van der Waals surface area contributed by atoms with Crippen LogP contribution in [0.2, 0.25) is 0 Å². The van der Waals surface area contributed by atoms with Gasteiger partial charge in [-0.25, -0.2) is 0 Å². The monoisotopic (exact) mass is 203 g/mol. The topological polar surface area (TPSA) is 61.7 Å². The molecule has 1 aliphatic carbocycles. The van der Waals surface area contributed by atoms with Gasteiger partial charge in [-0.05, 0) is 19.8 Å². The Labute approximate surface area is 85.3 Å². The van der Waals surface area contributed by atoms with Gasteiger partial charge in [0.1, 0.15) is 0 Å². The molecule has 1 aliphatic rings. The van der Waals surface area contributed by atoms with E-state index >= 15 is 0 Å². The Morgan fingerprint density at radius 1 is 1.50 bits per heavy atom. The Morgan fingerprint density at radius 2 is 2.21 bits per heavy atom. The van der Waals surface area contributed by atoms with Crippen molar-refractivity contribution in [3.63, 3.8) is 0 Å². The Balaban J connectivity index is 1.97. The van der Waals surface area contributed by atoms with Gasteiger partial charge in [-0.2, -0.15) is 0 Å². The summed E-state index contributed by atoms with van der Waals surface area (Å²) in [6.45, 7) is 4.52. The van der Waals surface area contributed by atoms with Gasteiger partial charge in [0.05, 0.1) is 12.7 Å². The van der Waals surface area contributed by atoms with Crippen LogP contribution < -0.4 is 5.32 Å². The summed E-state index contributed by atoms with van der Waals surface area (Å²) in [5.41, 5.74) is 0.116. The summed E-state index contributed by atoms with van der Waals surface area (Å²) in [7, 11) is 0. The van der Waals surface area contributed by atoms with Crippen LogP contribution in [0.1, 0.15) is 19.8 Å². The molecule has 1 unspecified atom stereocenters. The van der Waals surface area contributed by atoms with Crippen LogP contribution in [0, 0.1) is 5.41 Å². The predicted octanol–water partition coefficient (Wildman–Crippen LogP) is -0.254. The maximum absolute atomic E-state index is 9.42. The normalized spacial score (nSPS) is 20.8.